The molecule has 14 amide bonds. The number of guanidine groups is 2. The van der Waals surface area contributed by atoms with E-state index in [-0.39, 0.29) is 108 Å². The molecule has 1 fully saturated rings. The number of unbranched alkanes of at least 4 members (excludes halogenated alkanes) is 2. The molecular weight excluding hydrogens is 1390 g/mol. The number of aliphatic hydroxyl groups excluding tert-OH is 1. The second-order valence-corrected chi connectivity index (χ2v) is 26.8. The number of carbonyl (C=O) groups is 14. The van der Waals surface area contributed by atoms with E-state index >= 15 is 0 Å². The molecule has 0 bridgehead atoms. The normalized spacial score (nSPS) is 18.2. The molecule has 1 saturated heterocycles. The van der Waals surface area contributed by atoms with Crippen molar-refractivity contribution in [2.24, 2.45) is 50.1 Å². The Morgan fingerprint density at radius 3 is 1.64 bits per heavy atom. The molecule has 0 saturated carbocycles. The zero-order valence-corrected chi connectivity index (χ0v) is 60.2. The minimum absolute atomic E-state index is 0.0266. The Morgan fingerprint density at radius 2 is 1.03 bits per heavy atom. The molecule has 2 aromatic rings. The van der Waals surface area contributed by atoms with Gasteiger partial charge in [0.05, 0.1) is 32.3 Å². The molecule has 3 rings (SSSR count). The highest BCUT2D eigenvalue weighted by Gasteiger charge is 2.36. The predicted octanol–water partition coefficient (Wildman–Crippen LogP) is -8.12. The van der Waals surface area contributed by atoms with E-state index in [2.05, 4.69) is 84.4 Å². The number of amides is 14. The molecule has 0 radical (unpaired) electrons. The number of nitrogens with one attached hydrogen (secondary N) is 14. The molecule has 2 aromatic carbocycles. The summed E-state index contributed by atoms with van der Waals surface area (Å²) in [6.07, 6.45) is -0.140. The molecule has 0 spiro atoms. The van der Waals surface area contributed by atoms with E-state index in [1.54, 1.807) is 30.3 Å². The molecule has 0 aromatic heterocycles. The van der Waals surface area contributed by atoms with Crippen molar-refractivity contribution in [3.8, 4) is 0 Å². The van der Waals surface area contributed by atoms with Crippen molar-refractivity contribution in [1.29, 1.82) is 0 Å². The average Bonchev–Trinajstić information content (AvgIpc) is 1.11. The Hall–Kier alpha value is -9.90. The number of benzene rings is 2. The summed E-state index contributed by atoms with van der Waals surface area (Å²) in [5.41, 5.74) is 40.8. The lowest BCUT2D eigenvalue weighted by Gasteiger charge is -2.27. The summed E-state index contributed by atoms with van der Waals surface area (Å²) in [6.45, 7) is 2.67. The van der Waals surface area contributed by atoms with E-state index in [1.165, 1.54) is 20.8 Å². The number of aliphatic hydroxyl groups is 1. The van der Waals surface area contributed by atoms with Gasteiger partial charge in [-0.05, 0) is 109 Å². The Labute approximate surface area is 610 Å². The van der Waals surface area contributed by atoms with Crippen molar-refractivity contribution in [3.63, 3.8) is 0 Å². The molecule has 576 valence electrons. The van der Waals surface area contributed by atoms with Crippen LogP contribution in [0.2, 0.25) is 0 Å². The van der Waals surface area contributed by atoms with Crippen molar-refractivity contribution >= 4 is 116 Å². The molecular formula is C64H103N23O15S2. The second kappa shape index (κ2) is 48.9. The van der Waals surface area contributed by atoms with Gasteiger partial charge in [0, 0.05) is 37.6 Å². The van der Waals surface area contributed by atoms with Gasteiger partial charge in [-0.1, -0.05) is 82.3 Å². The Balaban J connectivity index is 1.77. The predicted molar refractivity (Wildman–Crippen MR) is 389 cm³/mol. The van der Waals surface area contributed by atoms with Crippen LogP contribution in [-0.2, 0) is 80.1 Å². The molecule has 1 aliphatic rings. The minimum atomic E-state index is -1.72. The van der Waals surface area contributed by atoms with Gasteiger partial charge in [0.25, 0.3) is 0 Å². The minimum Gasteiger partial charge on any atom is -0.391 e. The monoisotopic (exact) mass is 1500 g/mol. The first kappa shape index (κ1) is 88.3. The maximum atomic E-state index is 14.5. The number of nitrogens with zero attached hydrogens (tertiary/aromatic N) is 2. The van der Waals surface area contributed by atoms with Crippen molar-refractivity contribution in [2.45, 2.75) is 164 Å². The van der Waals surface area contributed by atoms with Crippen LogP contribution >= 0.6 is 21.6 Å². The average molecular weight is 1500 g/mol. The molecule has 0 aliphatic carbocycles. The fraction of sp³-hybridized carbons (Fsp3) is 0.562. The first-order valence-corrected chi connectivity index (χ1v) is 36.3. The molecule has 0 unspecified atom stereocenters. The zero-order chi connectivity index (χ0) is 77.1. The summed E-state index contributed by atoms with van der Waals surface area (Å²) in [7, 11) is 1.98. The van der Waals surface area contributed by atoms with E-state index in [1.807, 2.05) is 30.3 Å². The summed E-state index contributed by atoms with van der Waals surface area (Å²) in [6, 6.07) is 3.66. The third kappa shape index (κ3) is 35.8. The maximum absolute atomic E-state index is 14.5. The standard InChI is InChI=1S/C64H103N23O15S2/c1-36(78-50(91)33-77-62(102)52(38(3)88)87-60(100)45(28-39-16-6-4-7-17-39)80-51(92)32-76-49(90)31-75-48(89)30-72-29-40-18-8-5-9-19-40)54(94)81-43(22-14-26-73-63(68)69)56(96)84-42(21-11-13-25-66)59(99)86-47-35-104-103-34-46(53(67)93)85-58(98)41(20-10-12-24-65)83-57(97)44(23-15-27-74-64(70)71)82-55(95)37(2)79-61(47)101/h4-9,16-19,36-38,41-47,52,72,88H,10-15,20-35,65-66H2,1-3H3,(H2,67,93)(H,75,89)(H,76,90)(H,77,102)(H,78,91)(H,79,101)(H,80,92)(H,81,94)(H,82,95)(H,83,97)(H,84,96)(H,85,98)(H,86,99)(H,87,100)(H4,68,69,73)(H4,70,71,74)/t36-,37-,38+,41-,42-,43-,44-,45-,46-,47-,52-/m0/s1. The number of aliphatic imine (C=N–C) groups is 2. The van der Waals surface area contributed by atoms with Crippen LogP contribution in [0, 0.1) is 0 Å². The number of hydrogen-bond donors (Lipinski definition) is 22. The lowest BCUT2D eigenvalue weighted by atomic mass is 10.0. The van der Waals surface area contributed by atoms with Gasteiger partial charge in [0.2, 0.25) is 82.7 Å². The van der Waals surface area contributed by atoms with E-state index in [0.717, 1.165) is 27.2 Å². The highest BCUT2D eigenvalue weighted by molar-refractivity contribution is 8.76. The summed E-state index contributed by atoms with van der Waals surface area (Å²) < 4.78 is 0. The quantitative estimate of drug-likeness (QED) is 0.0127. The SMILES string of the molecule is C[C@H](NC(=O)CNC(=O)[C@@H](NC(=O)[C@H](Cc1ccccc1)NC(=O)CNC(=O)CNC(=O)CNCc1ccccc1)[C@@H](C)O)C(=O)N[C@@H](CCCN=C(N)N)C(=O)N[C@@H](CCCCN)C(=O)N[C@H]1CSSC[C@@H](C(N)=O)NC(=O)[C@H](CCCCN)NC(=O)[C@H](CCCN=C(N)N)NC(=O)[C@H](C)NC1=O. The van der Waals surface area contributed by atoms with Gasteiger partial charge in [-0.25, -0.2) is 0 Å². The number of carbonyl (C=O) groups excluding carboxylic acids is 14. The van der Waals surface area contributed by atoms with E-state index in [0.29, 0.717) is 31.4 Å². The molecule has 1 aliphatic heterocycles. The summed E-state index contributed by atoms with van der Waals surface area (Å²) >= 11 is 0. The van der Waals surface area contributed by atoms with Crippen LogP contribution in [0.4, 0.5) is 0 Å². The largest absolute Gasteiger partial charge is 0.391 e. The van der Waals surface area contributed by atoms with Gasteiger partial charge in [-0.2, -0.15) is 0 Å². The van der Waals surface area contributed by atoms with E-state index in [4.69, 9.17) is 40.1 Å². The van der Waals surface area contributed by atoms with Gasteiger partial charge in [0.1, 0.15) is 60.4 Å². The highest BCUT2D eigenvalue weighted by atomic mass is 33.1. The fourth-order valence-electron chi connectivity index (χ4n) is 9.74. The number of hydrogen-bond acceptors (Lipinski definition) is 22. The van der Waals surface area contributed by atoms with Crippen molar-refractivity contribution in [2.75, 3.05) is 63.9 Å². The van der Waals surface area contributed by atoms with Crippen LogP contribution in [0.3, 0.4) is 0 Å². The fourth-order valence-corrected chi connectivity index (χ4v) is 12.1. The van der Waals surface area contributed by atoms with Crippen LogP contribution in [-0.4, -0.2) is 230 Å². The highest BCUT2D eigenvalue weighted by Crippen LogP contribution is 2.24. The van der Waals surface area contributed by atoms with Crippen LogP contribution < -0.4 is 115 Å². The van der Waals surface area contributed by atoms with E-state index < -0.39 is 169 Å². The van der Waals surface area contributed by atoms with Gasteiger partial charge >= 0.3 is 0 Å². The van der Waals surface area contributed by atoms with Gasteiger partial charge in [-0.3, -0.25) is 77.1 Å². The van der Waals surface area contributed by atoms with Crippen LogP contribution in [0.25, 0.3) is 0 Å². The lowest BCUT2D eigenvalue weighted by molar-refractivity contribution is -0.135. The smallest absolute Gasteiger partial charge is 0.245 e. The van der Waals surface area contributed by atoms with Crippen LogP contribution in [0.1, 0.15) is 96.1 Å². The molecule has 11 atom stereocenters. The first-order valence-electron chi connectivity index (χ1n) is 33.9. The first-order chi connectivity index (χ1) is 49.5. The second-order valence-electron chi connectivity index (χ2n) is 24.2. The Kier molecular flexibility index (Phi) is 41.5. The van der Waals surface area contributed by atoms with Gasteiger partial charge in [0.15, 0.2) is 11.9 Å². The third-order valence-corrected chi connectivity index (χ3v) is 17.9. The molecule has 104 heavy (non-hydrogen) atoms. The summed E-state index contributed by atoms with van der Waals surface area (Å²) in [5, 5.41) is 46.3. The number of nitrogens with two attached hydrogens (primary N) is 7. The summed E-state index contributed by atoms with van der Waals surface area (Å²) in [4.78, 5) is 198. The molecule has 29 N–H and O–H groups in total. The topological polar surface area (TPSA) is 634 Å². The van der Waals surface area contributed by atoms with Crippen molar-refractivity contribution in [1.82, 2.24) is 74.4 Å². The van der Waals surface area contributed by atoms with Crippen LogP contribution in [0.5, 0.6) is 0 Å². The molecule has 1 heterocycles. The number of primary amides is 1. The van der Waals surface area contributed by atoms with Crippen molar-refractivity contribution < 1.29 is 72.2 Å². The Morgan fingerprint density at radius 1 is 0.519 bits per heavy atom. The van der Waals surface area contributed by atoms with Gasteiger partial charge < -0.3 is 120 Å². The van der Waals surface area contributed by atoms with E-state index in [9.17, 15) is 72.2 Å². The Bertz CT molecular complexity index is 3230. The molecule has 38 nitrogen and oxygen atoms in total. The van der Waals surface area contributed by atoms with Gasteiger partial charge in [-0.15, -0.1) is 0 Å². The van der Waals surface area contributed by atoms with Crippen molar-refractivity contribution in [3.05, 3.63) is 71.8 Å². The lowest BCUT2D eigenvalue weighted by Crippen LogP contribution is -2.60. The zero-order valence-electron chi connectivity index (χ0n) is 58.6. The van der Waals surface area contributed by atoms with Crippen LogP contribution in [0.15, 0.2) is 70.6 Å². The maximum Gasteiger partial charge on any atom is 0.245 e. The molecule has 40 heteroatoms. The third-order valence-electron chi connectivity index (χ3n) is 15.5. The summed E-state index contributed by atoms with van der Waals surface area (Å²) in [5.74, 6) is -12.8. The number of rotatable bonds is 41.